The van der Waals surface area contributed by atoms with Crippen LogP contribution in [0.5, 0.6) is 11.5 Å². The first-order valence-electron chi connectivity index (χ1n) is 29.4. The van der Waals surface area contributed by atoms with Gasteiger partial charge in [-0.2, -0.15) is 0 Å². The molecule has 1 aliphatic heterocycles. The predicted molar refractivity (Wildman–Crippen MR) is 351 cm³/mol. The number of fused-ring (bicyclic) bond motifs is 7. The third-order valence-electron chi connectivity index (χ3n) is 16.4. The van der Waals surface area contributed by atoms with Crippen LogP contribution in [0.1, 0.15) is 79.0 Å². The fourth-order valence-electron chi connectivity index (χ4n) is 12.1. The van der Waals surface area contributed by atoms with Crippen molar-refractivity contribution < 1.29 is 24.1 Å². The summed E-state index contributed by atoms with van der Waals surface area (Å²) in [7, 11) is 0. The molecule has 85 heavy (non-hydrogen) atoms. The Labute approximate surface area is 511 Å². The van der Waals surface area contributed by atoms with Gasteiger partial charge in [-0.1, -0.05) is 96.1 Å². The maximum absolute atomic E-state index is 7.56. The zero-order valence-electron chi connectivity index (χ0n) is 49.7. The molecule has 0 spiro atoms. The normalized spacial score (nSPS) is 12.6. The number of ether oxygens (including phenoxy) is 1. The molecule has 0 N–H and O–H groups in total. The second-order valence-corrected chi connectivity index (χ2v) is 26.2. The third kappa shape index (κ3) is 10.3. The van der Waals surface area contributed by atoms with Gasteiger partial charge in [-0.05, 0) is 58.4 Å². The molecule has 7 heteroatoms. The summed E-state index contributed by atoms with van der Waals surface area (Å²) in [5.74, 6) is 2.30. The van der Waals surface area contributed by atoms with Crippen LogP contribution in [0, 0.1) is 3.80 Å². The van der Waals surface area contributed by atoms with E-state index in [0.29, 0.717) is 0 Å². The van der Waals surface area contributed by atoms with Crippen molar-refractivity contribution in [1.29, 1.82) is 0 Å². The molecule has 10 aromatic carbocycles. The number of aromatic nitrogens is 3. The Morgan fingerprint density at radius 2 is 0.859 bits per heavy atom. The van der Waals surface area contributed by atoms with Crippen LogP contribution in [0.15, 0.2) is 255 Å². The SMILES string of the molecule is CC(C)(C)c1ccnc(N2c3ccc(C(C)(C)C)cc3-c3ccccc3N(c3ccccc3)c3ccccc3-c3cc(C(C)(C)C)c(Oc4cccc(-n5[c](=[Pt])n(-c6c(-c7ccccc7)cccc6-c6ccccc6)c6ccccc65)c4)cc32)c1. The van der Waals surface area contributed by atoms with Crippen LogP contribution < -0.4 is 14.5 Å². The van der Waals surface area contributed by atoms with Gasteiger partial charge in [-0.15, -0.1) is 0 Å². The van der Waals surface area contributed by atoms with Crippen LogP contribution in [0.2, 0.25) is 0 Å². The third-order valence-corrected chi connectivity index (χ3v) is 17.4. The van der Waals surface area contributed by atoms with Crippen molar-refractivity contribution in [3.8, 4) is 67.4 Å². The summed E-state index contributed by atoms with van der Waals surface area (Å²) in [4.78, 5) is 10.2. The Morgan fingerprint density at radius 1 is 0.365 bits per heavy atom. The summed E-state index contributed by atoms with van der Waals surface area (Å²) in [5, 5.41) is 0. The molecule has 2 aromatic heterocycles. The van der Waals surface area contributed by atoms with Gasteiger partial charge in [-0.3, -0.25) is 0 Å². The minimum atomic E-state index is -0.368. The van der Waals surface area contributed by atoms with Gasteiger partial charge >= 0.3 is 332 Å². The number of nitrogens with zero attached hydrogens (tertiary/aromatic N) is 5. The predicted octanol–water partition coefficient (Wildman–Crippen LogP) is 21.5. The number of rotatable bonds is 8. The van der Waals surface area contributed by atoms with Crippen LogP contribution in [-0.4, -0.2) is 14.1 Å². The molecule has 0 unspecified atom stereocenters. The van der Waals surface area contributed by atoms with E-state index in [1.54, 1.807) is 0 Å². The molecule has 13 rings (SSSR count). The molecule has 0 saturated heterocycles. The molecular formula is C78H69N5OPt. The van der Waals surface area contributed by atoms with Gasteiger partial charge in [0.1, 0.15) is 0 Å². The van der Waals surface area contributed by atoms with Crippen LogP contribution in [0.4, 0.5) is 34.3 Å². The molecule has 0 fully saturated rings. The second-order valence-electron chi connectivity index (χ2n) is 25.2. The van der Waals surface area contributed by atoms with E-state index in [4.69, 9.17) is 9.72 Å². The Kier molecular flexibility index (Phi) is 14.2. The van der Waals surface area contributed by atoms with Gasteiger partial charge < -0.3 is 4.90 Å². The first-order valence-corrected chi connectivity index (χ1v) is 30.5. The number of imidazole rings is 1. The van der Waals surface area contributed by atoms with Crippen molar-refractivity contribution in [1.82, 2.24) is 14.1 Å². The fraction of sp³-hybridized carbons (Fsp3) is 0.154. The van der Waals surface area contributed by atoms with Crippen molar-refractivity contribution in [3.63, 3.8) is 0 Å². The number of pyridine rings is 1. The van der Waals surface area contributed by atoms with Crippen LogP contribution >= 0.6 is 0 Å². The van der Waals surface area contributed by atoms with Crippen molar-refractivity contribution in [2.24, 2.45) is 0 Å². The molecule has 422 valence electrons. The van der Waals surface area contributed by atoms with Gasteiger partial charge in [0.15, 0.2) is 0 Å². The molecule has 6 nitrogen and oxygen atoms in total. The van der Waals surface area contributed by atoms with E-state index in [2.05, 4.69) is 349 Å². The number of para-hydroxylation sites is 6. The molecule has 0 bridgehead atoms. The summed E-state index contributed by atoms with van der Waals surface area (Å²) in [6.07, 6.45) is 1.97. The number of hydrogen-bond donors (Lipinski definition) is 0. The summed E-state index contributed by atoms with van der Waals surface area (Å²) < 4.78 is 13.4. The molecular weight excluding hydrogens is 1220 g/mol. The van der Waals surface area contributed by atoms with E-state index in [0.717, 1.165) is 122 Å². The van der Waals surface area contributed by atoms with E-state index >= 15 is 0 Å². The zero-order chi connectivity index (χ0) is 58.8. The Bertz CT molecular complexity index is 4480. The molecule has 0 aliphatic carbocycles. The molecule has 3 heterocycles. The number of benzene rings is 10. The monoisotopic (exact) mass is 1290 g/mol. The zero-order valence-corrected chi connectivity index (χ0v) is 52.0. The van der Waals surface area contributed by atoms with Crippen molar-refractivity contribution in [3.05, 3.63) is 275 Å². The van der Waals surface area contributed by atoms with Crippen LogP contribution in [-0.2, 0) is 35.6 Å². The molecule has 0 atom stereocenters. The van der Waals surface area contributed by atoms with Gasteiger partial charge in [-0.25, -0.2) is 0 Å². The molecule has 12 aromatic rings. The van der Waals surface area contributed by atoms with Gasteiger partial charge in [0, 0.05) is 17.4 Å². The van der Waals surface area contributed by atoms with E-state index in [1.165, 1.54) is 11.1 Å². The first kappa shape index (κ1) is 55.1. The summed E-state index contributed by atoms with van der Waals surface area (Å²) in [6, 6.07) is 90.2. The summed E-state index contributed by atoms with van der Waals surface area (Å²) in [5.41, 5.74) is 21.2. The van der Waals surface area contributed by atoms with Gasteiger partial charge in [0.05, 0.1) is 5.69 Å². The fourth-order valence-corrected chi connectivity index (χ4v) is 13.2. The Morgan fingerprint density at radius 3 is 1.46 bits per heavy atom. The number of hydrogen-bond acceptors (Lipinski definition) is 4. The second kappa shape index (κ2) is 21.8. The van der Waals surface area contributed by atoms with Crippen molar-refractivity contribution in [2.75, 3.05) is 9.80 Å². The van der Waals surface area contributed by atoms with E-state index in [1.807, 2.05) is 6.20 Å². The number of anilines is 6. The van der Waals surface area contributed by atoms with E-state index < -0.39 is 0 Å². The minimum absolute atomic E-state index is 0.141. The molecule has 0 saturated carbocycles. The topological polar surface area (TPSA) is 38.5 Å². The Hall–Kier alpha value is -9.09. The Balaban J connectivity index is 1.06. The van der Waals surface area contributed by atoms with E-state index in [9.17, 15) is 0 Å². The van der Waals surface area contributed by atoms with Gasteiger partial charge in [0.2, 0.25) is 0 Å². The average molecular weight is 1290 g/mol. The van der Waals surface area contributed by atoms with Crippen LogP contribution in [0.25, 0.3) is 66.9 Å². The van der Waals surface area contributed by atoms with E-state index in [-0.39, 0.29) is 16.2 Å². The maximum atomic E-state index is 7.56. The van der Waals surface area contributed by atoms with Crippen molar-refractivity contribution in [2.45, 2.75) is 78.6 Å². The quantitative estimate of drug-likeness (QED) is 0.152. The van der Waals surface area contributed by atoms with Gasteiger partial charge in [0.25, 0.3) is 0 Å². The van der Waals surface area contributed by atoms with Crippen molar-refractivity contribution >= 4 is 45.3 Å². The first-order chi connectivity index (χ1) is 41.0. The standard InChI is InChI=1S/C78H69N5O.Pt/c1-76(2,3)55-43-44-69-64(47-55)62-35-19-21-39-67(62)82(57-31-17-12-18-32-57)68-40-22-20-36-63(68)65-50-66(78(7,8)9)73(51-72(65)83(69)74-48-56(45-46-79-74)77(4,5)6)84-59-34-25-33-58(49-59)80-52-81(71-42-24-23-41-70(71)80)75-60(53-27-13-10-14-28-53)37-26-38-61(75)54-29-15-11-16-30-54;/h10-51H,1-9H3;. The summed E-state index contributed by atoms with van der Waals surface area (Å²) >= 11 is 2.53. The summed E-state index contributed by atoms with van der Waals surface area (Å²) in [6.45, 7) is 20.6. The average Bonchev–Trinajstić information content (AvgIpc) is 2.07. The molecule has 1 aliphatic rings. The van der Waals surface area contributed by atoms with Crippen LogP contribution in [0.3, 0.4) is 0 Å². The molecule has 0 amide bonds. The molecule has 0 radical (unpaired) electrons.